The van der Waals surface area contributed by atoms with Crippen molar-refractivity contribution in [2.24, 2.45) is 0 Å². The summed E-state index contributed by atoms with van der Waals surface area (Å²) in [5.41, 5.74) is 7.44. The number of benzene rings is 1. The maximum atomic E-state index is 13.8. The van der Waals surface area contributed by atoms with Crippen molar-refractivity contribution in [1.82, 2.24) is 0 Å². The summed E-state index contributed by atoms with van der Waals surface area (Å²) in [5, 5.41) is 0. The Morgan fingerprint density at radius 2 is 1.95 bits per heavy atom. The molecule has 0 aliphatic heterocycles. The topological polar surface area (TPSA) is 38.5 Å². The van der Waals surface area contributed by atoms with E-state index in [1.54, 1.807) is 6.07 Å². The average molecular weight is 280 g/mol. The van der Waals surface area contributed by atoms with E-state index < -0.39 is 0 Å². The van der Waals surface area contributed by atoms with Crippen LogP contribution in [0.4, 0.5) is 15.8 Å². The first kappa shape index (κ1) is 14.9. The van der Waals surface area contributed by atoms with E-state index in [0.29, 0.717) is 24.1 Å². The van der Waals surface area contributed by atoms with E-state index >= 15 is 0 Å². The fourth-order valence-corrected chi connectivity index (χ4v) is 3.09. The van der Waals surface area contributed by atoms with Gasteiger partial charge in [0.2, 0.25) is 0 Å². The Balaban J connectivity index is 2.30. The van der Waals surface area contributed by atoms with Crippen LogP contribution in [-0.2, 0) is 0 Å². The van der Waals surface area contributed by atoms with Gasteiger partial charge in [0, 0.05) is 24.7 Å². The van der Waals surface area contributed by atoms with Crippen molar-refractivity contribution in [1.29, 1.82) is 0 Å². The average Bonchev–Trinajstić information content (AvgIpc) is 2.45. The second-order valence-electron chi connectivity index (χ2n) is 5.35. The monoisotopic (exact) mass is 280 g/mol. The van der Waals surface area contributed by atoms with Crippen LogP contribution in [0.25, 0.3) is 0 Å². The molecule has 3 nitrogen and oxygen atoms in total. The molecule has 1 aromatic carbocycles. The molecule has 112 valence electrons. The van der Waals surface area contributed by atoms with Crippen molar-refractivity contribution in [2.75, 3.05) is 23.8 Å². The van der Waals surface area contributed by atoms with E-state index in [2.05, 4.69) is 11.8 Å². The van der Waals surface area contributed by atoms with Gasteiger partial charge < -0.3 is 15.4 Å². The number of nitrogen functional groups attached to an aromatic ring is 1. The highest BCUT2D eigenvalue weighted by atomic mass is 19.1. The molecule has 0 amide bonds. The SMILES string of the molecule is CCOc1cc(N(CC)C2CCCCC2)c(N)cc1F. The zero-order valence-corrected chi connectivity index (χ0v) is 12.5. The first-order chi connectivity index (χ1) is 9.67. The molecular weight excluding hydrogens is 255 g/mol. The van der Waals surface area contributed by atoms with Crippen LogP contribution < -0.4 is 15.4 Å². The van der Waals surface area contributed by atoms with Crippen molar-refractivity contribution in [2.45, 2.75) is 52.0 Å². The Labute approximate surface area is 120 Å². The van der Waals surface area contributed by atoms with Gasteiger partial charge in [-0.1, -0.05) is 19.3 Å². The molecule has 0 bridgehead atoms. The van der Waals surface area contributed by atoms with Gasteiger partial charge in [0.15, 0.2) is 11.6 Å². The van der Waals surface area contributed by atoms with Crippen molar-refractivity contribution in [3.05, 3.63) is 17.9 Å². The number of halogens is 1. The molecule has 2 N–H and O–H groups in total. The first-order valence-corrected chi connectivity index (χ1v) is 7.65. The van der Waals surface area contributed by atoms with Gasteiger partial charge in [0.25, 0.3) is 0 Å². The van der Waals surface area contributed by atoms with Crippen molar-refractivity contribution in [3.63, 3.8) is 0 Å². The number of anilines is 2. The number of hydrogen-bond donors (Lipinski definition) is 1. The van der Waals surface area contributed by atoms with Crippen molar-refractivity contribution >= 4 is 11.4 Å². The minimum Gasteiger partial charge on any atom is -0.491 e. The number of hydrogen-bond acceptors (Lipinski definition) is 3. The zero-order valence-electron chi connectivity index (χ0n) is 12.5. The van der Waals surface area contributed by atoms with Gasteiger partial charge in [0.05, 0.1) is 18.0 Å². The van der Waals surface area contributed by atoms with Crippen LogP contribution in [0.2, 0.25) is 0 Å². The lowest BCUT2D eigenvalue weighted by molar-refractivity contribution is 0.321. The third kappa shape index (κ3) is 3.17. The van der Waals surface area contributed by atoms with Gasteiger partial charge in [-0.25, -0.2) is 4.39 Å². The predicted molar refractivity (Wildman–Crippen MR) is 81.9 cm³/mol. The van der Waals surface area contributed by atoms with E-state index in [1.165, 1.54) is 38.2 Å². The highest BCUT2D eigenvalue weighted by Gasteiger charge is 2.23. The Bertz CT molecular complexity index is 444. The third-order valence-electron chi connectivity index (χ3n) is 4.05. The zero-order chi connectivity index (χ0) is 14.5. The second kappa shape index (κ2) is 6.82. The molecule has 0 spiro atoms. The molecule has 1 fully saturated rings. The molecule has 2 rings (SSSR count). The second-order valence-corrected chi connectivity index (χ2v) is 5.35. The highest BCUT2D eigenvalue weighted by Crippen LogP contribution is 2.35. The largest absolute Gasteiger partial charge is 0.491 e. The molecular formula is C16H25FN2O. The van der Waals surface area contributed by atoms with Crippen molar-refractivity contribution in [3.8, 4) is 5.75 Å². The summed E-state index contributed by atoms with van der Waals surface area (Å²) < 4.78 is 19.2. The molecule has 1 aromatic rings. The summed E-state index contributed by atoms with van der Waals surface area (Å²) in [6.07, 6.45) is 6.22. The van der Waals surface area contributed by atoms with Crippen LogP contribution in [0, 0.1) is 5.82 Å². The maximum absolute atomic E-state index is 13.8. The van der Waals surface area contributed by atoms with Gasteiger partial charge in [-0.2, -0.15) is 0 Å². The Hall–Kier alpha value is -1.45. The summed E-state index contributed by atoms with van der Waals surface area (Å²) in [6.45, 7) is 5.31. The number of rotatable bonds is 5. The number of ether oxygens (including phenoxy) is 1. The minimum absolute atomic E-state index is 0.297. The van der Waals surface area contributed by atoms with Crippen LogP contribution in [0.5, 0.6) is 5.75 Å². The fourth-order valence-electron chi connectivity index (χ4n) is 3.09. The number of nitrogens with zero attached hydrogens (tertiary/aromatic N) is 1. The normalized spacial score (nSPS) is 16.1. The molecule has 0 aromatic heterocycles. The van der Waals surface area contributed by atoms with Crippen LogP contribution in [0.1, 0.15) is 46.0 Å². The Kier molecular flexibility index (Phi) is 5.10. The van der Waals surface area contributed by atoms with Crippen LogP contribution in [-0.4, -0.2) is 19.2 Å². The molecule has 0 saturated heterocycles. The smallest absolute Gasteiger partial charge is 0.167 e. The minimum atomic E-state index is -0.382. The first-order valence-electron chi connectivity index (χ1n) is 7.65. The summed E-state index contributed by atoms with van der Waals surface area (Å²) in [6, 6.07) is 3.65. The molecule has 1 aliphatic carbocycles. The molecule has 0 atom stereocenters. The fraction of sp³-hybridized carbons (Fsp3) is 0.625. The molecule has 0 heterocycles. The quantitative estimate of drug-likeness (QED) is 0.830. The van der Waals surface area contributed by atoms with Gasteiger partial charge in [0.1, 0.15) is 0 Å². The van der Waals surface area contributed by atoms with Crippen LogP contribution in [0.15, 0.2) is 12.1 Å². The third-order valence-corrected chi connectivity index (χ3v) is 4.05. The Morgan fingerprint density at radius 1 is 1.25 bits per heavy atom. The summed E-state index contributed by atoms with van der Waals surface area (Å²) in [4.78, 5) is 2.30. The van der Waals surface area contributed by atoms with E-state index in [1.807, 2.05) is 6.92 Å². The van der Waals surface area contributed by atoms with E-state index in [0.717, 1.165) is 12.2 Å². The summed E-state index contributed by atoms with van der Waals surface area (Å²) >= 11 is 0. The molecule has 0 unspecified atom stereocenters. The van der Waals surface area contributed by atoms with Gasteiger partial charge in [-0.3, -0.25) is 0 Å². The summed E-state index contributed by atoms with van der Waals surface area (Å²) in [7, 11) is 0. The lowest BCUT2D eigenvalue weighted by Gasteiger charge is -2.36. The molecule has 1 saturated carbocycles. The maximum Gasteiger partial charge on any atom is 0.167 e. The molecule has 0 radical (unpaired) electrons. The predicted octanol–water partition coefficient (Wildman–Crippen LogP) is 3.97. The van der Waals surface area contributed by atoms with E-state index in [-0.39, 0.29) is 5.82 Å². The summed E-state index contributed by atoms with van der Waals surface area (Å²) in [5.74, 6) is -0.0845. The standard InChI is InChI=1S/C16H25FN2O/c1-3-19(12-8-6-5-7-9-12)15-11-16(20-4-2)13(17)10-14(15)18/h10-12H,3-9,18H2,1-2H3. The van der Waals surface area contributed by atoms with Gasteiger partial charge >= 0.3 is 0 Å². The highest BCUT2D eigenvalue weighted by molar-refractivity contribution is 5.70. The molecule has 4 heteroatoms. The molecule has 1 aliphatic rings. The van der Waals surface area contributed by atoms with E-state index in [4.69, 9.17) is 10.5 Å². The van der Waals surface area contributed by atoms with Gasteiger partial charge in [-0.05, 0) is 26.7 Å². The molecule has 20 heavy (non-hydrogen) atoms. The van der Waals surface area contributed by atoms with Gasteiger partial charge in [-0.15, -0.1) is 0 Å². The van der Waals surface area contributed by atoms with Crippen LogP contribution >= 0.6 is 0 Å². The van der Waals surface area contributed by atoms with Crippen molar-refractivity contribution < 1.29 is 9.13 Å². The Morgan fingerprint density at radius 3 is 2.55 bits per heavy atom. The van der Waals surface area contributed by atoms with Crippen LogP contribution in [0.3, 0.4) is 0 Å². The van der Waals surface area contributed by atoms with E-state index in [9.17, 15) is 4.39 Å². The lowest BCUT2D eigenvalue weighted by atomic mass is 9.93. The lowest BCUT2D eigenvalue weighted by Crippen LogP contribution is -2.37. The number of nitrogens with two attached hydrogens (primary N) is 1.